The molecule has 150 valence electrons. The molecule has 1 aromatic heterocycles. The minimum atomic E-state index is -1.14. The van der Waals surface area contributed by atoms with Gasteiger partial charge in [0.2, 0.25) is 5.91 Å². The average molecular weight is 393 g/mol. The van der Waals surface area contributed by atoms with E-state index < -0.39 is 24.0 Å². The van der Waals surface area contributed by atoms with E-state index in [4.69, 9.17) is 0 Å². The number of carboxylic acids is 1. The molecular weight excluding hydrogens is 370 g/mol. The molecule has 3 rings (SSSR count). The summed E-state index contributed by atoms with van der Waals surface area (Å²) in [5.41, 5.74) is 3.07. The van der Waals surface area contributed by atoms with Gasteiger partial charge in [0, 0.05) is 29.1 Å². The van der Waals surface area contributed by atoms with Gasteiger partial charge in [0.25, 0.3) is 5.91 Å². The lowest BCUT2D eigenvalue weighted by atomic mass is 10.0. The Kier molecular flexibility index (Phi) is 5.97. The fourth-order valence-corrected chi connectivity index (χ4v) is 3.15. The zero-order valence-electron chi connectivity index (χ0n) is 16.2. The summed E-state index contributed by atoms with van der Waals surface area (Å²) in [5, 5.41) is 15.6. The predicted octanol–water partition coefficient (Wildman–Crippen LogP) is 2.41. The lowest BCUT2D eigenvalue weighted by Crippen LogP contribution is -2.51. The summed E-state index contributed by atoms with van der Waals surface area (Å²) in [4.78, 5) is 39.6. The number of rotatable bonds is 7. The molecule has 2 amide bonds. The van der Waals surface area contributed by atoms with Crippen LogP contribution in [0.1, 0.15) is 28.4 Å². The number of aliphatic carboxylic acids is 1. The third kappa shape index (κ3) is 4.82. The standard InChI is InChI=1S/C22H23N3O4/c1-13-6-5-7-15(10-13)21(27)24-14(2)20(26)25-19(22(28)29)11-16-12-23-18-9-4-3-8-17(16)18/h3-10,12,14,19,23H,11H2,1-2H3,(H,24,27)(H,25,26)(H,28,29)/t14-,19-/m1/s1. The maximum absolute atomic E-state index is 12.5. The highest BCUT2D eigenvalue weighted by atomic mass is 16.4. The molecule has 0 radical (unpaired) electrons. The van der Waals surface area contributed by atoms with Crippen LogP contribution in [0, 0.1) is 6.92 Å². The molecule has 0 aliphatic rings. The first-order chi connectivity index (χ1) is 13.8. The summed E-state index contributed by atoms with van der Waals surface area (Å²) in [7, 11) is 0. The number of carbonyl (C=O) groups is 3. The third-order valence-electron chi connectivity index (χ3n) is 4.73. The Labute approximate surface area is 168 Å². The second-order valence-corrected chi connectivity index (χ2v) is 7.03. The van der Waals surface area contributed by atoms with Gasteiger partial charge in [-0.25, -0.2) is 4.79 Å². The number of carboxylic acid groups (broad SMARTS) is 1. The predicted molar refractivity (Wildman–Crippen MR) is 110 cm³/mol. The van der Waals surface area contributed by atoms with Crippen molar-refractivity contribution in [2.24, 2.45) is 0 Å². The fourth-order valence-electron chi connectivity index (χ4n) is 3.15. The van der Waals surface area contributed by atoms with Crippen molar-refractivity contribution < 1.29 is 19.5 Å². The van der Waals surface area contributed by atoms with E-state index in [0.717, 1.165) is 22.0 Å². The van der Waals surface area contributed by atoms with Crippen molar-refractivity contribution in [3.8, 4) is 0 Å². The van der Waals surface area contributed by atoms with Gasteiger partial charge in [-0.2, -0.15) is 0 Å². The first kappa shape index (κ1) is 20.1. The molecule has 0 unspecified atom stereocenters. The number of benzene rings is 2. The number of aryl methyl sites for hydroxylation is 1. The number of aromatic nitrogens is 1. The van der Waals surface area contributed by atoms with Gasteiger partial charge in [0.15, 0.2) is 0 Å². The van der Waals surface area contributed by atoms with Crippen molar-refractivity contribution in [3.63, 3.8) is 0 Å². The molecule has 29 heavy (non-hydrogen) atoms. The Balaban J connectivity index is 1.66. The quantitative estimate of drug-likeness (QED) is 0.494. The summed E-state index contributed by atoms with van der Waals surface area (Å²) >= 11 is 0. The van der Waals surface area contributed by atoms with Crippen LogP contribution >= 0.6 is 0 Å². The maximum Gasteiger partial charge on any atom is 0.326 e. The molecule has 2 atom stereocenters. The lowest BCUT2D eigenvalue weighted by molar-refractivity contribution is -0.142. The topological polar surface area (TPSA) is 111 Å². The van der Waals surface area contributed by atoms with Crippen molar-refractivity contribution in [2.45, 2.75) is 32.4 Å². The van der Waals surface area contributed by atoms with E-state index in [1.165, 1.54) is 6.92 Å². The second-order valence-electron chi connectivity index (χ2n) is 7.03. The maximum atomic E-state index is 12.5. The summed E-state index contributed by atoms with van der Waals surface area (Å²) in [5.74, 6) is -2.08. The van der Waals surface area contributed by atoms with Crippen molar-refractivity contribution >= 4 is 28.7 Å². The number of hydrogen-bond acceptors (Lipinski definition) is 3. The lowest BCUT2D eigenvalue weighted by Gasteiger charge is -2.19. The smallest absolute Gasteiger partial charge is 0.326 e. The Morgan fingerprint density at radius 2 is 1.83 bits per heavy atom. The van der Waals surface area contributed by atoms with Gasteiger partial charge in [-0.05, 0) is 37.6 Å². The first-order valence-electron chi connectivity index (χ1n) is 9.31. The molecule has 7 nitrogen and oxygen atoms in total. The van der Waals surface area contributed by atoms with E-state index in [1.807, 2.05) is 37.3 Å². The number of fused-ring (bicyclic) bond motifs is 1. The van der Waals surface area contributed by atoms with Crippen LogP contribution in [0.5, 0.6) is 0 Å². The summed E-state index contributed by atoms with van der Waals surface area (Å²) < 4.78 is 0. The average Bonchev–Trinajstić information content (AvgIpc) is 3.10. The zero-order valence-corrected chi connectivity index (χ0v) is 16.2. The van der Waals surface area contributed by atoms with Crippen LogP contribution in [-0.4, -0.2) is 40.0 Å². The van der Waals surface area contributed by atoms with Gasteiger partial charge < -0.3 is 20.7 Å². The van der Waals surface area contributed by atoms with Crippen LogP contribution in [-0.2, 0) is 16.0 Å². The van der Waals surface area contributed by atoms with Crippen molar-refractivity contribution in [3.05, 3.63) is 71.4 Å². The SMILES string of the molecule is Cc1cccc(C(=O)N[C@H](C)C(=O)N[C@H](Cc2c[nH]c3ccccc23)C(=O)O)c1. The number of nitrogens with one attached hydrogen (secondary N) is 3. The highest BCUT2D eigenvalue weighted by molar-refractivity contribution is 5.98. The van der Waals surface area contributed by atoms with Crippen LogP contribution in [0.3, 0.4) is 0 Å². The van der Waals surface area contributed by atoms with E-state index in [-0.39, 0.29) is 12.3 Å². The van der Waals surface area contributed by atoms with Crippen LogP contribution in [0.2, 0.25) is 0 Å². The minimum absolute atomic E-state index is 0.129. The molecular formula is C22H23N3O4. The highest BCUT2D eigenvalue weighted by Gasteiger charge is 2.25. The molecule has 4 N–H and O–H groups in total. The van der Waals surface area contributed by atoms with Gasteiger partial charge in [0.1, 0.15) is 12.1 Å². The fraction of sp³-hybridized carbons (Fsp3) is 0.227. The van der Waals surface area contributed by atoms with Gasteiger partial charge >= 0.3 is 5.97 Å². The number of hydrogen-bond donors (Lipinski definition) is 4. The van der Waals surface area contributed by atoms with Crippen molar-refractivity contribution in [2.75, 3.05) is 0 Å². The van der Waals surface area contributed by atoms with Gasteiger partial charge in [-0.15, -0.1) is 0 Å². The van der Waals surface area contributed by atoms with Crippen LogP contribution in [0.15, 0.2) is 54.7 Å². The van der Waals surface area contributed by atoms with Crippen LogP contribution < -0.4 is 10.6 Å². The molecule has 7 heteroatoms. The summed E-state index contributed by atoms with van der Waals surface area (Å²) in [6.07, 6.45) is 1.87. The van der Waals surface area contributed by atoms with E-state index >= 15 is 0 Å². The summed E-state index contributed by atoms with van der Waals surface area (Å²) in [6, 6.07) is 12.6. The molecule has 0 saturated carbocycles. The van der Waals surface area contributed by atoms with Crippen LogP contribution in [0.25, 0.3) is 10.9 Å². The van der Waals surface area contributed by atoms with Crippen molar-refractivity contribution in [1.29, 1.82) is 0 Å². The zero-order chi connectivity index (χ0) is 21.0. The molecule has 0 fully saturated rings. The Morgan fingerprint density at radius 3 is 2.55 bits per heavy atom. The van der Waals surface area contributed by atoms with Gasteiger partial charge in [0.05, 0.1) is 0 Å². The number of amides is 2. The first-order valence-corrected chi connectivity index (χ1v) is 9.31. The normalized spacial score (nSPS) is 12.9. The third-order valence-corrected chi connectivity index (χ3v) is 4.73. The molecule has 0 aliphatic carbocycles. The van der Waals surface area contributed by atoms with Gasteiger partial charge in [-0.1, -0.05) is 35.9 Å². The molecule has 2 aromatic carbocycles. The number of aromatic amines is 1. The summed E-state index contributed by atoms with van der Waals surface area (Å²) in [6.45, 7) is 3.39. The number of H-pyrrole nitrogens is 1. The van der Waals surface area contributed by atoms with Gasteiger partial charge in [-0.3, -0.25) is 9.59 Å². The molecule has 1 heterocycles. The second kappa shape index (κ2) is 8.60. The Morgan fingerprint density at radius 1 is 1.07 bits per heavy atom. The van der Waals surface area contributed by atoms with E-state index in [0.29, 0.717) is 5.56 Å². The van der Waals surface area contributed by atoms with Crippen molar-refractivity contribution in [1.82, 2.24) is 15.6 Å². The Hall–Kier alpha value is -3.61. The monoisotopic (exact) mass is 393 g/mol. The number of carbonyl (C=O) groups excluding carboxylic acids is 2. The molecule has 3 aromatic rings. The molecule has 0 aliphatic heterocycles. The highest BCUT2D eigenvalue weighted by Crippen LogP contribution is 2.19. The largest absolute Gasteiger partial charge is 0.480 e. The minimum Gasteiger partial charge on any atom is -0.480 e. The van der Waals surface area contributed by atoms with E-state index in [9.17, 15) is 19.5 Å². The number of para-hydroxylation sites is 1. The Bertz CT molecular complexity index is 1060. The molecule has 0 bridgehead atoms. The van der Waals surface area contributed by atoms with E-state index in [2.05, 4.69) is 15.6 Å². The van der Waals surface area contributed by atoms with Crippen LogP contribution in [0.4, 0.5) is 0 Å². The molecule has 0 spiro atoms. The van der Waals surface area contributed by atoms with E-state index in [1.54, 1.807) is 24.4 Å². The molecule has 0 saturated heterocycles.